The molecule has 1 amide bonds. The van der Waals surface area contributed by atoms with Gasteiger partial charge in [0.1, 0.15) is 0 Å². The van der Waals surface area contributed by atoms with Gasteiger partial charge in [0, 0.05) is 24.6 Å². The lowest BCUT2D eigenvalue weighted by molar-refractivity contribution is -0.120. The minimum absolute atomic E-state index is 0.118. The molecule has 4 heteroatoms. The number of rotatable bonds is 7. The minimum Gasteiger partial charge on any atom is -0.355 e. The van der Waals surface area contributed by atoms with E-state index >= 15 is 0 Å². The summed E-state index contributed by atoms with van der Waals surface area (Å²) in [5, 5.41) is 2.83. The smallest absolute Gasteiger partial charge is 0.220 e. The van der Waals surface area contributed by atoms with Crippen molar-refractivity contribution in [3.8, 4) is 0 Å². The van der Waals surface area contributed by atoms with Gasteiger partial charge in [0.25, 0.3) is 0 Å². The Morgan fingerprint density at radius 3 is 2.92 bits per heavy atom. The highest BCUT2D eigenvalue weighted by Crippen LogP contribution is 1.96. The molecule has 0 aliphatic rings. The maximum atomic E-state index is 11.0. The van der Waals surface area contributed by atoms with Gasteiger partial charge in [-0.2, -0.15) is 11.8 Å². The molecule has 0 spiro atoms. The molecule has 0 radical (unpaired) electrons. The molecule has 0 aliphatic carbocycles. The van der Waals surface area contributed by atoms with E-state index in [1.807, 2.05) is 11.8 Å². The fourth-order valence-electron chi connectivity index (χ4n) is 0.723. The molecule has 12 heavy (non-hydrogen) atoms. The number of halogens is 1. The largest absolute Gasteiger partial charge is 0.355 e. The number of carbonyl (C=O) groups excluding carboxylic acids is 1. The molecule has 2 nitrogen and oxygen atoms in total. The Bertz CT molecular complexity index is 122. The molecule has 0 aliphatic heterocycles. The molecule has 0 rings (SSSR count). The van der Waals surface area contributed by atoms with Crippen molar-refractivity contribution >= 4 is 29.3 Å². The lowest BCUT2D eigenvalue weighted by Crippen LogP contribution is -2.25. The van der Waals surface area contributed by atoms with E-state index in [0.717, 1.165) is 24.5 Å². The molecule has 0 saturated heterocycles. The minimum atomic E-state index is 0.118. The van der Waals surface area contributed by atoms with Gasteiger partial charge in [-0.05, 0) is 12.2 Å². The summed E-state index contributed by atoms with van der Waals surface area (Å²) in [7, 11) is 0. The summed E-state index contributed by atoms with van der Waals surface area (Å²) in [6.45, 7) is 2.89. The highest BCUT2D eigenvalue weighted by Gasteiger charge is 1.98. The molecule has 0 fully saturated rings. The van der Waals surface area contributed by atoms with Crippen molar-refractivity contribution in [2.24, 2.45) is 0 Å². The summed E-state index contributed by atoms with van der Waals surface area (Å²) in [5.74, 6) is 2.80. The Morgan fingerprint density at radius 2 is 2.33 bits per heavy atom. The first-order valence-corrected chi connectivity index (χ1v) is 5.90. The van der Waals surface area contributed by atoms with Crippen LogP contribution in [0.25, 0.3) is 0 Å². The molecule has 0 heterocycles. The normalized spacial score (nSPS) is 9.83. The number of hydrogen-bond donors (Lipinski definition) is 1. The van der Waals surface area contributed by atoms with Crippen LogP contribution in [-0.4, -0.2) is 29.8 Å². The van der Waals surface area contributed by atoms with Crippen molar-refractivity contribution in [3.63, 3.8) is 0 Å². The Hall–Kier alpha value is 0.110. The highest BCUT2D eigenvalue weighted by atomic mass is 35.5. The number of carbonyl (C=O) groups is 1. The van der Waals surface area contributed by atoms with Crippen LogP contribution in [-0.2, 0) is 4.79 Å². The van der Waals surface area contributed by atoms with Crippen molar-refractivity contribution in [2.75, 3.05) is 23.9 Å². The maximum absolute atomic E-state index is 11.0. The third kappa shape index (κ3) is 8.21. The SMILES string of the molecule is CCSCCNC(=O)CCCCl. The second-order valence-corrected chi connectivity index (χ2v) is 4.11. The summed E-state index contributed by atoms with van der Waals surface area (Å²) >= 11 is 7.28. The van der Waals surface area contributed by atoms with Gasteiger partial charge in [-0.3, -0.25) is 4.79 Å². The standard InChI is InChI=1S/C8H16ClNOS/c1-2-12-7-6-10-8(11)4-3-5-9/h2-7H2,1H3,(H,10,11). The number of thioether (sulfide) groups is 1. The summed E-state index contributed by atoms with van der Waals surface area (Å²) in [6, 6.07) is 0. The molecule has 0 aromatic rings. The Morgan fingerprint density at radius 1 is 1.58 bits per heavy atom. The third-order valence-corrected chi connectivity index (χ3v) is 2.48. The van der Waals surface area contributed by atoms with E-state index in [0.29, 0.717) is 12.3 Å². The maximum Gasteiger partial charge on any atom is 0.220 e. The molecule has 72 valence electrons. The van der Waals surface area contributed by atoms with Crippen LogP contribution in [0.4, 0.5) is 0 Å². The first-order valence-electron chi connectivity index (χ1n) is 4.21. The zero-order valence-electron chi connectivity index (χ0n) is 7.44. The fraction of sp³-hybridized carbons (Fsp3) is 0.875. The zero-order chi connectivity index (χ0) is 9.23. The van der Waals surface area contributed by atoms with Gasteiger partial charge in [-0.25, -0.2) is 0 Å². The first kappa shape index (κ1) is 12.1. The average molecular weight is 210 g/mol. The van der Waals surface area contributed by atoms with Gasteiger partial charge in [0.15, 0.2) is 0 Å². The second-order valence-electron chi connectivity index (χ2n) is 2.34. The van der Waals surface area contributed by atoms with E-state index in [1.165, 1.54) is 0 Å². The lowest BCUT2D eigenvalue weighted by Gasteiger charge is -2.02. The van der Waals surface area contributed by atoms with Gasteiger partial charge in [0.05, 0.1) is 0 Å². The molecule has 0 saturated carbocycles. The van der Waals surface area contributed by atoms with E-state index in [1.54, 1.807) is 0 Å². The predicted octanol–water partition coefficient (Wildman–Crippen LogP) is 1.87. The monoisotopic (exact) mass is 209 g/mol. The molecule has 0 atom stereocenters. The zero-order valence-corrected chi connectivity index (χ0v) is 9.01. The number of hydrogen-bond acceptors (Lipinski definition) is 2. The number of nitrogens with one attached hydrogen (secondary N) is 1. The lowest BCUT2D eigenvalue weighted by atomic mass is 10.3. The molecule has 1 N–H and O–H groups in total. The average Bonchev–Trinajstić information content (AvgIpc) is 2.09. The van der Waals surface area contributed by atoms with Crippen molar-refractivity contribution in [1.29, 1.82) is 0 Å². The second kappa shape index (κ2) is 9.20. The van der Waals surface area contributed by atoms with Crippen LogP contribution in [0.3, 0.4) is 0 Å². The molecule has 0 aromatic carbocycles. The molecule has 0 bridgehead atoms. The van der Waals surface area contributed by atoms with Crippen molar-refractivity contribution in [1.82, 2.24) is 5.32 Å². The summed E-state index contributed by atoms with van der Waals surface area (Å²) in [4.78, 5) is 11.0. The van der Waals surface area contributed by atoms with Gasteiger partial charge in [-0.15, -0.1) is 11.6 Å². The summed E-state index contributed by atoms with van der Waals surface area (Å²) in [6.07, 6.45) is 1.33. The summed E-state index contributed by atoms with van der Waals surface area (Å²) in [5.41, 5.74) is 0. The van der Waals surface area contributed by atoms with Crippen LogP contribution in [0.1, 0.15) is 19.8 Å². The van der Waals surface area contributed by atoms with Crippen LogP contribution in [0.2, 0.25) is 0 Å². The van der Waals surface area contributed by atoms with E-state index in [9.17, 15) is 4.79 Å². The van der Waals surface area contributed by atoms with Crippen molar-refractivity contribution < 1.29 is 4.79 Å². The predicted molar refractivity (Wildman–Crippen MR) is 56.0 cm³/mol. The first-order chi connectivity index (χ1) is 5.81. The number of amides is 1. The summed E-state index contributed by atoms with van der Waals surface area (Å²) < 4.78 is 0. The molecular formula is C8H16ClNOS. The third-order valence-electron chi connectivity index (χ3n) is 1.31. The van der Waals surface area contributed by atoms with E-state index < -0.39 is 0 Å². The molecule has 0 aromatic heterocycles. The van der Waals surface area contributed by atoms with Crippen LogP contribution in [0.5, 0.6) is 0 Å². The van der Waals surface area contributed by atoms with Crippen LogP contribution >= 0.6 is 23.4 Å². The van der Waals surface area contributed by atoms with Crippen molar-refractivity contribution in [2.45, 2.75) is 19.8 Å². The molecular weight excluding hydrogens is 194 g/mol. The molecule has 0 unspecified atom stereocenters. The fourth-order valence-corrected chi connectivity index (χ4v) is 1.39. The van der Waals surface area contributed by atoms with Crippen LogP contribution in [0, 0.1) is 0 Å². The van der Waals surface area contributed by atoms with Crippen LogP contribution in [0.15, 0.2) is 0 Å². The van der Waals surface area contributed by atoms with E-state index in [4.69, 9.17) is 11.6 Å². The van der Waals surface area contributed by atoms with Gasteiger partial charge >= 0.3 is 0 Å². The van der Waals surface area contributed by atoms with E-state index in [-0.39, 0.29) is 5.91 Å². The topological polar surface area (TPSA) is 29.1 Å². The highest BCUT2D eigenvalue weighted by molar-refractivity contribution is 7.99. The van der Waals surface area contributed by atoms with Crippen LogP contribution < -0.4 is 5.32 Å². The number of alkyl halides is 1. The quantitative estimate of drug-likeness (QED) is 0.513. The van der Waals surface area contributed by atoms with E-state index in [2.05, 4.69) is 12.2 Å². The van der Waals surface area contributed by atoms with Gasteiger partial charge in [0.2, 0.25) is 5.91 Å². The van der Waals surface area contributed by atoms with Gasteiger partial charge in [-0.1, -0.05) is 6.92 Å². The Balaban J connectivity index is 3.08. The van der Waals surface area contributed by atoms with Crippen molar-refractivity contribution in [3.05, 3.63) is 0 Å². The van der Waals surface area contributed by atoms with Gasteiger partial charge < -0.3 is 5.32 Å². The Kier molecular flexibility index (Phi) is 9.28. The Labute approximate surface area is 83.4 Å².